The van der Waals surface area contributed by atoms with Gasteiger partial charge in [0.05, 0.1) is 36.9 Å². The maximum atomic E-state index is 13.1. The number of carbonyl (C=O) groups excluding carboxylic acids is 2. The number of hydrogen-bond acceptors (Lipinski definition) is 10. The predicted molar refractivity (Wildman–Crippen MR) is 126 cm³/mol. The van der Waals surface area contributed by atoms with Gasteiger partial charge in [-0.15, -0.1) is 0 Å². The van der Waals surface area contributed by atoms with Crippen molar-refractivity contribution in [2.45, 2.75) is 74.4 Å². The Hall–Kier alpha value is -3.48. The summed E-state index contributed by atoms with van der Waals surface area (Å²) in [5.74, 6) is -4.35. The summed E-state index contributed by atoms with van der Waals surface area (Å²) in [4.78, 5) is 49.3. The van der Waals surface area contributed by atoms with Gasteiger partial charge in [0.1, 0.15) is 11.5 Å². The molecule has 0 saturated carbocycles. The largest absolute Gasteiger partial charge is 0.481 e. The molecule has 38 heavy (non-hydrogen) atoms. The first-order valence-electron chi connectivity index (χ1n) is 12.4. The summed E-state index contributed by atoms with van der Waals surface area (Å²) in [5.41, 5.74) is 0.0862. The van der Waals surface area contributed by atoms with Crippen LogP contribution in [0.4, 0.5) is 0 Å². The van der Waals surface area contributed by atoms with Gasteiger partial charge in [-0.3, -0.25) is 14.4 Å². The smallest absolute Gasteiger partial charge is 0.353 e. The molecule has 12 nitrogen and oxygen atoms in total. The molecular formula is C26H29NO11. The molecule has 1 aromatic rings. The highest BCUT2D eigenvalue weighted by Crippen LogP contribution is 2.64. The quantitative estimate of drug-likeness (QED) is 0.320. The molecule has 12 heteroatoms. The van der Waals surface area contributed by atoms with Crippen molar-refractivity contribution in [2.24, 2.45) is 0 Å². The second-order valence-corrected chi connectivity index (χ2v) is 10.3. The van der Waals surface area contributed by atoms with Crippen molar-refractivity contribution in [3.05, 3.63) is 40.7 Å². The van der Waals surface area contributed by atoms with Crippen molar-refractivity contribution in [1.29, 1.82) is 0 Å². The van der Waals surface area contributed by atoms with E-state index in [-0.39, 0.29) is 24.8 Å². The summed E-state index contributed by atoms with van der Waals surface area (Å²) in [5, 5.41) is 40.2. The summed E-state index contributed by atoms with van der Waals surface area (Å²) < 4.78 is 16.9. The number of carboxylic acid groups (broad SMARTS) is 2. The van der Waals surface area contributed by atoms with E-state index in [1.54, 1.807) is 12.1 Å². The Balaban J connectivity index is 1.48. The molecule has 2 heterocycles. The zero-order valence-corrected chi connectivity index (χ0v) is 20.7. The van der Waals surface area contributed by atoms with E-state index in [1.165, 1.54) is 0 Å². The monoisotopic (exact) mass is 531 g/mol. The number of piperidine rings is 1. The lowest BCUT2D eigenvalue weighted by molar-refractivity contribution is -0.177. The van der Waals surface area contributed by atoms with Gasteiger partial charge in [-0.2, -0.15) is 0 Å². The third kappa shape index (κ3) is 3.86. The van der Waals surface area contributed by atoms with Crippen LogP contribution in [0, 0.1) is 0 Å². The molecule has 2 aliphatic carbocycles. The summed E-state index contributed by atoms with van der Waals surface area (Å²) in [6, 6.07) is 3.47. The highest BCUT2D eigenvalue weighted by molar-refractivity contribution is 5.85. The lowest BCUT2D eigenvalue weighted by atomic mass is 9.50. The average molecular weight is 532 g/mol. The molecule has 2 unspecified atom stereocenters. The molecule has 1 aromatic carbocycles. The molecule has 4 aliphatic rings. The van der Waals surface area contributed by atoms with Gasteiger partial charge in [0.25, 0.3) is 0 Å². The Kier molecular flexibility index (Phi) is 6.44. The van der Waals surface area contributed by atoms with Crippen LogP contribution < -0.4 is 4.74 Å². The Morgan fingerprint density at radius 2 is 1.95 bits per heavy atom. The van der Waals surface area contributed by atoms with Crippen LogP contribution in [-0.4, -0.2) is 86.6 Å². The lowest BCUT2D eigenvalue weighted by Gasteiger charge is -2.61. The van der Waals surface area contributed by atoms with Crippen LogP contribution in [0.3, 0.4) is 0 Å². The standard InChI is InChI=1S/C26H29NO11/c1-27-9-8-25-21-13-2-3-14(12-28)22(21)38-23(25)15(6-7-26(25,35)17(27)10-13)37-24(34)16(11-19(31)32)36-20(33)5-4-18(29)30/h2-3,6,16-17,23,28,35H,4-5,7-12H2,1H3,(H,29,30)(H,31,32)/t16-,17-,23?,25?,26-/m1/s1. The minimum Gasteiger partial charge on any atom is -0.481 e. The molecular weight excluding hydrogens is 502 g/mol. The van der Waals surface area contributed by atoms with Crippen LogP contribution >= 0.6 is 0 Å². The fourth-order valence-corrected chi connectivity index (χ4v) is 6.57. The number of rotatable bonds is 9. The number of nitrogens with zero attached hydrogens (tertiary/aromatic N) is 1. The molecule has 5 atom stereocenters. The number of carboxylic acids is 2. The molecule has 0 radical (unpaired) electrons. The normalized spacial score (nSPS) is 29.4. The summed E-state index contributed by atoms with van der Waals surface area (Å²) >= 11 is 0. The molecule has 1 fully saturated rings. The van der Waals surface area contributed by atoms with E-state index < -0.39 is 66.4 Å². The van der Waals surface area contributed by atoms with Crippen LogP contribution in [0.25, 0.3) is 0 Å². The van der Waals surface area contributed by atoms with Gasteiger partial charge in [-0.05, 0) is 38.1 Å². The minimum absolute atomic E-state index is 0.0629. The van der Waals surface area contributed by atoms with Crippen LogP contribution in [0.2, 0.25) is 0 Å². The van der Waals surface area contributed by atoms with Gasteiger partial charge in [0.15, 0.2) is 6.10 Å². The number of ether oxygens (including phenoxy) is 3. The van der Waals surface area contributed by atoms with Crippen molar-refractivity contribution < 1.29 is 53.8 Å². The molecule has 2 aliphatic heterocycles. The van der Waals surface area contributed by atoms with Gasteiger partial charge < -0.3 is 39.5 Å². The number of esters is 2. The molecule has 0 amide bonds. The third-order valence-electron chi connectivity index (χ3n) is 8.28. The molecule has 204 valence electrons. The summed E-state index contributed by atoms with van der Waals surface area (Å²) in [7, 11) is 1.95. The number of aliphatic carboxylic acids is 2. The van der Waals surface area contributed by atoms with Crippen molar-refractivity contribution in [3.8, 4) is 5.75 Å². The molecule has 0 aromatic heterocycles. The number of likely N-dealkylation sites (N-methyl/N-ethyl adjacent to an activating group) is 1. The van der Waals surface area contributed by atoms with Crippen molar-refractivity contribution >= 4 is 23.9 Å². The minimum atomic E-state index is -1.81. The van der Waals surface area contributed by atoms with Gasteiger partial charge in [-0.1, -0.05) is 12.1 Å². The van der Waals surface area contributed by atoms with Gasteiger partial charge in [0.2, 0.25) is 6.10 Å². The number of aliphatic hydroxyl groups is 2. The fourth-order valence-electron chi connectivity index (χ4n) is 6.57. The van der Waals surface area contributed by atoms with Crippen molar-refractivity contribution in [3.63, 3.8) is 0 Å². The number of carbonyl (C=O) groups is 4. The number of hydrogen-bond donors (Lipinski definition) is 4. The highest BCUT2D eigenvalue weighted by atomic mass is 16.6. The zero-order chi connectivity index (χ0) is 27.4. The second-order valence-electron chi connectivity index (χ2n) is 10.3. The van der Waals surface area contributed by atoms with Gasteiger partial charge in [0, 0.05) is 23.6 Å². The molecule has 1 saturated heterocycles. The maximum absolute atomic E-state index is 13.1. The van der Waals surface area contributed by atoms with E-state index in [2.05, 4.69) is 4.90 Å². The number of benzene rings is 1. The molecule has 4 N–H and O–H groups in total. The van der Waals surface area contributed by atoms with E-state index in [1.807, 2.05) is 13.1 Å². The van der Waals surface area contributed by atoms with Crippen molar-refractivity contribution in [1.82, 2.24) is 4.90 Å². The SMILES string of the molecule is CN1CCC23c4c5ccc(CO)c4OC2C(OC(=O)[C@@H](CC(=O)O)OC(=O)CCC(=O)O)=CC[C@@]3(O)[C@H]1C5. The van der Waals surface area contributed by atoms with Gasteiger partial charge in [-0.25, -0.2) is 4.79 Å². The second kappa shape index (κ2) is 9.37. The van der Waals surface area contributed by atoms with Gasteiger partial charge >= 0.3 is 23.9 Å². The van der Waals surface area contributed by atoms with E-state index in [9.17, 15) is 34.5 Å². The lowest BCUT2D eigenvalue weighted by Crippen LogP contribution is -2.74. The molecule has 5 rings (SSSR count). The van der Waals surface area contributed by atoms with Crippen molar-refractivity contribution in [2.75, 3.05) is 13.6 Å². The fraction of sp³-hybridized carbons (Fsp3) is 0.538. The zero-order valence-electron chi connectivity index (χ0n) is 20.7. The Morgan fingerprint density at radius 3 is 2.63 bits per heavy atom. The highest BCUT2D eigenvalue weighted by Gasteiger charge is 2.72. The number of aliphatic hydroxyl groups excluding tert-OH is 1. The van der Waals surface area contributed by atoms with Crippen LogP contribution in [0.5, 0.6) is 5.75 Å². The van der Waals surface area contributed by atoms with Crippen LogP contribution in [0.15, 0.2) is 24.0 Å². The van der Waals surface area contributed by atoms with E-state index in [4.69, 9.17) is 19.3 Å². The van der Waals surface area contributed by atoms with E-state index >= 15 is 0 Å². The summed E-state index contributed by atoms with van der Waals surface area (Å²) in [6.45, 7) is 0.345. The maximum Gasteiger partial charge on any atom is 0.353 e. The molecule has 1 spiro atoms. The first kappa shape index (κ1) is 26.1. The Labute approximate surface area is 217 Å². The number of likely N-dealkylation sites (tertiary alicyclic amines) is 1. The topological polar surface area (TPSA) is 180 Å². The van der Waals surface area contributed by atoms with Crippen LogP contribution in [-0.2, 0) is 47.1 Å². The third-order valence-corrected chi connectivity index (χ3v) is 8.28. The van der Waals surface area contributed by atoms with Crippen LogP contribution in [0.1, 0.15) is 48.8 Å². The first-order chi connectivity index (χ1) is 18.0. The van der Waals surface area contributed by atoms with E-state index in [0.717, 1.165) is 11.1 Å². The predicted octanol–water partition coefficient (Wildman–Crippen LogP) is 0.251. The Bertz CT molecular complexity index is 1240. The Morgan fingerprint density at radius 1 is 1.18 bits per heavy atom. The average Bonchev–Trinajstić information content (AvgIpc) is 3.21. The van der Waals surface area contributed by atoms with E-state index in [0.29, 0.717) is 30.7 Å². The first-order valence-corrected chi connectivity index (χ1v) is 12.4. The summed E-state index contributed by atoms with van der Waals surface area (Å²) in [6.07, 6.45) is -1.96. The molecule has 2 bridgehead atoms.